The van der Waals surface area contributed by atoms with E-state index in [9.17, 15) is 13.6 Å². The fourth-order valence-electron chi connectivity index (χ4n) is 2.57. The normalized spacial score (nSPS) is 10.7. The van der Waals surface area contributed by atoms with Gasteiger partial charge in [-0.05, 0) is 49.6 Å². The van der Waals surface area contributed by atoms with Crippen molar-refractivity contribution in [1.82, 2.24) is 0 Å². The first-order valence-electron chi connectivity index (χ1n) is 7.91. The number of hydrogen-bond acceptors (Lipinski definition) is 2. The summed E-state index contributed by atoms with van der Waals surface area (Å²) in [6.45, 7) is 1.70. The van der Waals surface area contributed by atoms with Crippen molar-refractivity contribution >= 4 is 11.6 Å². The molecule has 0 radical (unpaired) electrons. The van der Waals surface area contributed by atoms with Gasteiger partial charge in [0.15, 0.2) is 0 Å². The molecule has 0 aliphatic rings. The highest BCUT2D eigenvalue weighted by molar-refractivity contribution is 5.94. The monoisotopic (exact) mass is 333 g/mol. The zero-order valence-corrected chi connectivity index (χ0v) is 13.8. The minimum absolute atomic E-state index is 0.0414. The van der Waals surface area contributed by atoms with Crippen molar-refractivity contribution in [3.05, 3.63) is 59.7 Å². The Bertz CT molecular complexity index is 671. The molecule has 0 heterocycles. The molecule has 2 rings (SSSR count). The van der Waals surface area contributed by atoms with Crippen LogP contribution in [-0.2, 0) is 11.2 Å². The molecule has 0 fully saturated rings. The predicted octanol–water partition coefficient (Wildman–Crippen LogP) is 4.58. The molecule has 0 bridgehead atoms. The van der Waals surface area contributed by atoms with E-state index in [0.717, 1.165) is 16.8 Å². The minimum Gasteiger partial charge on any atom is -0.435 e. The number of carbonyl (C=O) groups excluding carboxylic acids is 1. The van der Waals surface area contributed by atoms with E-state index in [2.05, 4.69) is 4.74 Å². The number of benzene rings is 2. The van der Waals surface area contributed by atoms with Crippen molar-refractivity contribution in [2.75, 3.05) is 11.4 Å². The first-order valence-corrected chi connectivity index (χ1v) is 7.91. The lowest BCUT2D eigenvalue weighted by atomic mass is 10.1. The van der Waals surface area contributed by atoms with E-state index in [1.807, 2.05) is 38.1 Å². The number of ether oxygens (including phenoxy) is 1. The van der Waals surface area contributed by atoms with Crippen LogP contribution in [0.1, 0.15) is 24.5 Å². The third kappa shape index (κ3) is 4.78. The maximum absolute atomic E-state index is 12.5. The molecule has 0 aliphatic heterocycles. The Morgan fingerprint density at radius 3 is 2.38 bits per heavy atom. The number of rotatable bonds is 7. The molecular weight excluding hydrogens is 312 g/mol. The molecule has 0 aliphatic carbocycles. The van der Waals surface area contributed by atoms with E-state index in [4.69, 9.17) is 0 Å². The van der Waals surface area contributed by atoms with E-state index >= 15 is 0 Å². The summed E-state index contributed by atoms with van der Waals surface area (Å²) in [4.78, 5) is 14.3. The molecule has 0 aromatic heterocycles. The summed E-state index contributed by atoms with van der Waals surface area (Å²) in [7, 11) is 0. The van der Waals surface area contributed by atoms with Gasteiger partial charge in [-0.2, -0.15) is 8.78 Å². The van der Waals surface area contributed by atoms with Crippen molar-refractivity contribution in [2.24, 2.45) is 0 Å². The fraction of sp³-hybridized carbons (Fsp3) is 0.316. The standard InChI is InChI=1S/C19H21F2NO2/c1-3-22(17-7-5-4-6-14(17)2)18(23)13-10-15-8-11-16(12-9-15)24-19(20)21/h4-9,11-12,19H,3,10,13H2,1-2H3. The lowest BCUT2D eigenvalue weighted by Crippen LogP contribution is -2.31. The Morgan fingerprint density at radius 2 is 1.79 bits per heavy atom. The molecule has 5 heteroatoms. The van der Waals surface area contributed by atoms with Gasteiger partial charge >= 0.3 is 6.61 Å². The highest BCUT2D eigenvalue weighted by Crippen LogP contribution is 2.21. The van der Waals surface area contributed by atoms with E-state index in [1.165, 1.54) is 12.1 Å². The molecule has 0 saturated heterocycles. The van der Waals surface area contributed by atoms with Gasteiger partial charge < -0.3 is 9.64 Å². The first kappa shape index (κ1) is 17.9. The van der Waals surface area contributed by atoms with E-state index in [1.54, 1.807) is 17.0 Å². The number of para-hydroxylation sites is 1. The van der Waals surface area contributed by atoms with Crippen LogP contribution in [0.3, 0.4) is 0 Å². The number of carbonyl (C=O) groups is 1. The second-order valence-electron chi connectivity index (χ2n) is 5.45. The Balaban J connectivity index is 1.97. The topological polar surface area (TPSA) is 29.5 Å². The number of aryl methyl sites for hydroxylation is 2. The summed E-state index contributed by atoms with van der Waals surface area (Å²) < 4.78 is 28.6. The van der Waals surface area contributed by atoms with Crippen LogP contribution in [0.15, 0.2) is 48.5 Å². The van der Waals surface area contributed by atoms with Gasteiger partial charge in [0, 0.05) is 18.7 Å². The van der Waals surface area contributed by atoms with Crippen molar-refractivity contribution < 1.29 is 18.3 Å². The van der Waals surface area contributed by atoms with Gasteiger partial charge in [0.1, 0.15) is 5.75 Å². The minimum atomic E-state index is -2.83. The van der Waals surface area contributed by atoms with Gasteiger partial charge in [0.25, 0.3) is 0 Å². The van der Waals surface area contributed by atoms with Gasteiger partial charge in [0.05, 0.1) is 0 Å². The fourth-order valence-corrected chi connectivity index (χ4v) is 2.57. The average molecular weight is 333 g/mol. The summed E-state index contributed by atoms with van der Waals surface area (Å²) in [6.07, 6.45) is 0.910. The van der Waals surface area contributed by atoms with Crippen LogP contribution in [0.4, 0.5) is 14.5 Å². The zero-order valence-electron chi connectivity index (χ0n) is 13.8. The first-order chi connectivity index (χ1) is 11.5. The zero-order chi connectivity index (χ0) is 17.5. The van der Waals surface area contributed by atoms with Crippen LogP contribution in [0, 0.1) is 6.92 Å². The summed E-state index contributed by atoms with van der Waals surface area (Å²) in [5.74, 6) is 0.162. The number of hydrogen-bond donors (Lipinski definition) is 0. The van der Waals surface area contributed by atoms with Gasteiger partial charge in [0.2, 0.25) is 5.91 Å². The van der Waals surface area contributed by atoms with Gasteiger partial charge in [-0.1, -0.05) is 30.3 Å². The van der Waals surface area contributed by atoms with E-state index in [-0.39, 0.29) is 11.7 Å². The molecule has 2 aromatic rings. The summed E-state index contributed by atoms with van der Waals surface area (Å²) in [5.41, 5.74) is 2.89. The lowest BCUT2D eigenvalue weighted by Gasteiger charge is -2.23. The maximum atomic E-state index is 12.5. The largest absolute Gasteiger partial charge is 0.435 e. The Kier molecular flexibility index (Phi) is 6.29. The second-order valence-corrected chi connectivity index (χ2v) is 5.45. The molecule has 0 saturated carbocycles. The number of alkyl halides is 2. The van der Waals surface area contributed by atoms with Crippen LogP contribution in [0.2, 0.25) is 0 Å². The smallest absolute Gasteiger partial charge is 0.387 e. The SMILES string of the molecule is CCN(C(=O)CCc1ccc(OC(F)F)cc1)c1ccccc1C. The molecule has 0 N–H and O–H groups in total. The van der Waals surface area contributed by atoms with Crippen molar-refractivity contribution in [2.45, 2.75) is 33.3 Å². The Labute approximate surface area is 140 Å². The maximum Gasteiger partial charge on any atom is 0.387 e. The molecule has 0 atom stereocenters. The molecule has 24 heavy (non-hydrogen) atoms. The van der Waals surface area contributed by atoms with Crippen molar-refractivity contribution in [3.63, 3.8) is 0 Å². The van der Waals surface area contributed by atoms with Crippen molar-refractivity contribution in [1.29, 1.82) is 0 Å². The number of halogens is 2. The van der Waals surface area contributed by atoms with Gasteiger partial charge in [-0.25, -0.2) is 0 Å². The average Bonchev–Trinajstić information content (AvgIpc) is 2.56. The van der Waals surface area contributed by atoms with Gasteiger partial charge in [-0.15, -0.1) is 0 Å². The molecule has 0 unspecified atom stereocenters. The highest BCUT2D eigenvalue weighted by Gasteiger charge is 2.15. The number of anilines is 1. The summed E-state index contributed by atoms with van der Waals surface area (Å²) in [5, 5.41) is 0. The highest BCUT2D eigenvalue weighted by atomic mass is 19.3. The molecule has 2 aromatic carbocycles. The van der Waals surface area contributed by atoms with E-state index < -0.39 is 6.61 Å². The quantitative estimate of drug-likeness (QED) is 0.742. The molecule has 1 amide bonds. The third-order valence-electron chi connectivity index (χ3n) is 3.80. The molecule has 3 nitrogen and oxygen atoms in total. The summed E-state index contributed by atoms with van der Waals surface area (Å²) >= 11 is 0. The number of amides is 1. The third-order valence-corrected chi connectivity index (χ3v) is 3.80. The molecule has 128 valence electrons. The molecular formula is C19H21F2NO2. The number of nitrogens with zero attached hydrogens (tertiary/aromatic N) is 1. The Morgan fingerprint density at radius 1 is 1.12 bits per heavy atom. The summed E-state index contributed by atoms with van der Waals surface area (Å²) in [6, 6.07) is 14.2. The van der Waals surface area contributed by atoms with Crippen LogP contribution in [0.5, 0.6) is 5.75 Å². The Hall–Kier alpha value is -2.43. The van der Waals surface area contributed by atoms with Crippen molar-refractivity contribution in [3.8, 4) is 5.75 Å². The predicted molar refractivity (Wildman–Crippen MR) is 90.6 cm³/mol. The lowest BCUT2D eigenvalue weighted by molar-refractivity contribution is -0.118. The van der Waals surface area contributed by atoms with Crippen LogP contribution >= 0.6 is 0 Å². The van der Waals surface area contributed by atoms with Crippen LogP contribution < -0.4 is 9.64 Å². The second kappa shape index (κ2) is 8.43. The van der Waals surface area contributed by atoms with Gasteiger partial charge in [-0.3, -0.25) is 4.79 Å². The van der Waals surface area contributed by atoms with Crippen LogP contribution in [-0.4, -0.2) is 19.1 Å². The van der Waals surface area contributed by atoms with E-state index in [0.29, 0.717) is 19.4 Å². The van der Waals surface area contributed by atoms with Crippen LogP contribution in [0.25, 0.3) is 0 Å². The molecule has 0 spiro atoms.